The summed E-state index contributed by atoms with van der Waals surface area (Å²) in [5.41, 5.74) is 13.6. The second-order valence-electron chi connectivity index (χ2n) is 11.8. The quantitative estimate of drug-likeness (QED) is 0.194. The number of benzene rings is 1. The molecule has 0 fully saturated rings. The zero-order valence-corrected chi connectivity index (χ0v) is 34.5. The Kier molecular flexibility index (Phi) is 28.0. The van der Waals surface area contributed by atoms with Crippen molar-refractivity contribution in [1.82, 2.24) is 10.2 Å². The van der Waals surface area contributed by atoms with Crippen LogP contribution in [0.25, 0.3) is 0 Å². The van der Waals surface area contributed by atoms with E-state index < -0.39 is 0 Å². The van der Waals surface area contributed by atoms with Crippen LogP contribution in [0.3, 0.4) is 0 Å². The van der Waals surface area contributed by atoms with Crippen molar-refractivity contribution in [2.75, 3.05) is 26.7 Å². The van der Waals surface area contributed by atoms with E-state index in [1.165, 1.54) is 49.6 Å². The Bertz CT molecular complexity index is 1510. The van der Waals surface area contributed by atoms with Gasteiger partial charge in [0, 0.05) is 36.8 Å². The van der Waals surface area contributed by atoms with Gasteiger partial charge in [0.05, 0.1) is 11.5 Å². The highest BCUT2D eigenvalue weighted by atomic mass is 32.1. The monoisotopic (exact) mass is 734 g/mol. The van der Waals surface area contributed by atoms with Crippen LogP contribution < -0.4 is 11.1 Å². The molecule has 3 aliphatic rings. The molecule has 52 heavy (non-hydrogen) atoms. The van der Waals surface area contributed by atoms with Gasteiger partial charge in [-0.05, 0) is 65.5 Å². The van der Waals surface area contributed by atoms with Crippen LogP contribution in [0, 0.1) is 0 Å². The zero-order valence-electron chi connectivity index (χ0n) is 33.7. The lowest BCUT2D eigenvalue weighted by Gasteiger charge is -2.29. The molecule has 0 bridgehead atoms. The van der Waals surface area contributed by atoms with Crippen molar-refractivity contribution < 1.29 is 19.5 Å². The molecule has 5 rings (SSSR count). The van der Waals surface area contributed by atoms with Crippen LogP contribution in [0.15, 0.2) is 100 Å². The Labute approximate surface area is 319 Å². The Morgan fingerprint density at radius 1 is 1.00 bits per heavy atom. The molecule has 0 radical (unpaired) electrons. The largest absolute Gasteiger partial charge is 0.395 e. The SMILES string of the molecule is C=O.CC.CC.CC.CC(C)(C)c1ccc(C(N)=O)s1.CCC1=CC=C(C2=NC=C(C3=CCc4ccccc4C3)CN2C)C=CC1.O=CNCCO. The highest BCUT2D eigenvalue weighted by Crippen LogP contribution is 2.30. The van der Waals surface area contributed by atoms with Crippen LogP contribution >= 0.6 is 11.3 Å². The molecule has 2 aromatic rings. The second kappa shape index (κ2) is 29.3. The van der Waals surface area contributed by atoms with Gasteiger partial charge >= 0.3 is 0 Å². The number of aliphatic imine (C=N–C) groups is 1. The van der Waals surface area contributed by atoms with E-state index in [9.17, 15) is 9.59 Å². The van der Waals surface area contributed by atoms with Crippen LogP contribution in [0.5, 0.6) is 0 Å². The molecule has 0 unspecified atom stereocenters. The number of nitrogens with one attached hydrogen (secondary N) is 1. The summed E-state index contributed by atoms with van der Waals surface area (Å²) in [6, 6.07) is 12.5. The fourth-order valence-corrected chi connectivity index (χ4v) is 5.76. The Balaban J connectivity index is 0. The number of carbonyl (C=O) groups is 3. The number of thiophene rings is 1. The van der Waals surface area contributed by atoms with E-state index in [1.807, 2.05) is 54.4 Å². The number of hydrogen-bond acceptors (Lipinski definition) is 7. The summed E-state index contributed by atoms with van der Waals surface area (Å²) in [5, 5.41) is 10.2. The molecule has 0 atom stereocenters. The number of fused-ring (bicyclic) bond motifs is 1. The van der Waals surface area contributed by atoms with Crippen LogP contribution in [0.4, 0.5) is 0 Å². The van der Waals surface area contributed by atoms with Crippen molar-refractivity contribution in [3.63, 3.8) is 0 Å². The molecule has 8 nitrogen and oxygen atoms in total. The third kappa shape index (κ3) is 17.7. The van der Waals surface area contributed by atoms with E-state index in [0.717, 1.165) is 38.1 Å². The summed E-state index contributed by atoms with van der Waals surface area (Å²) in [7, 11) is 2.15. The first-order chi connectivity index (χ1) is 25.1. The summed E-state index contributed by atoms with van der Waals surface area (Å²) in [4.78, 5) is 37.1. The molecule has 288 valence electrons. The molecule has 2 heterocycles. The molecule has 0 spiro atoms. The van der Waals surface area contributed by atoms with Crippen LogP contribution in [-0.4, -0.2) is 61.7 Å². The highest BCUT2D eigenvalue weighted by molar-refractivity contribution is 7.14. The molecule has 1 aromatic heterocycles. The minimum Gasteiger partial charge on any atom is -0.395 e. The van der Waals surface area contributed by atoms with E-state index in [0.29, 0.717) is 17.8 Å². The standard InChI is InChI=1S/C24H26N2.C9H13NOS.C3H7NO2.3C2H6.CH2O/c1-3-18-7-6-10-20(12-11-18)24-25-16-23(17-26(24)2)22-14-13-19-8-4-5-9-21(19)15-22;1-9(2,3)7-5-4-6(12-7)8(10)11;5-2-1-4-3-6;4*1-2/h4-6,8-12,14,16H,3,7,13,15,17H2,1-2H3;4-5H,1-3H3,(H2,10,11);3,5H,1-2H2,(H,4,6);3*1-2H3;1H2. The van der Waals surface area contributed by atoms with E-state index in [4.69, 9.17) is 20.6 Å². The number of amides is 2. The molecule has 9 heteroatoms. The summed E-state index contributed by atoms with van der Waals surface area (Å²) in [6.45, 7) is 23.8. The van der Waals surface area contributed by atoms with Gasteiger partial charge in [-0.2, -0.15) is 0 Å². The number of likely N-dealkylation sites (N-methyl/N-ethyl adjacent to an activating group) is 1. The Hall–Kier alpha value is -4.34. The molecular formula is C43H66N4O4S. The Morgan fingerprint density at radius 3 is 2.12 bits per heavy atom. The number of nitrogens with two attached hydrogens (primary N) is 1. The molecule has 1 aromatic carbocycles. The third-order valence-corrected chi connectivity index (χ3v) is 8.93. The van der Waals surface area contributed by atoms with Crippen LogP contribution in [-0.2, 0) is 27.8 Å². The van der Waals surface area contributed by atoms with E-state index >= 15 is 0 Å². The van der Waals surface area contributed by atoms with Crippen molar-refractivity contribution >= 4 is 36.3 Å². The fourth-order valence-electron chi connectivity index (χ4n) is 4.85. The number of nitrogens with zero attached hydrogens (tertiary/aromatic N) is 2. The average Bonchev–Trinajstić information content (AvgIpc) is 3.59. The van der Waals surface area contributed by atoms with Gasteiger partial charge in [-0.15, -0.1) is 11.3 Å². The van der Waals surface area contributed by atoms with Gasteiger partial charge in [0.25, 0.3) is 5.91 Å². The van der Waals surface area contributed by atoms with Gasteiger partial charge in [0.1, 0.15) is 12.6 Å². The van der Waals surface area contributed by atoms with E-state index in [1.54, 1.807) is 6.07 Å². The van der Waals surface area contributed by atoms with Crippen molar-refractivity contribution in [2.24, 2.45) is 10.7 Å². The molecule has 0 saturated heterocycles. The molecule has 0 saturated carbocycles. The predicted molar refractivity (Wildman–Crippen MR) is 224 cm³/mol. The molecular weight excluding hydrogens is 669 g/mol. The second-order valence-corrected chi connectivity index (χ2v) is 12.9. The fraction of sp³-hybridized carbons (Fsp3) is 0.442. The zero-order chi connectivity index (χ0) is 40.1. The summed E-state index contributed by atoms with van der Waals surface area (Å²) >= 11 is 1.47. The normalized spacial score (nSPS) is 13.8. The van der Waals surface area contributed by atoms with Gasteiger partial charge in [0.2, 0.25) is 6.41 Å². The predicted octanol–water partition coefficient (Wildman–Crippen LogP) is 8.93. The average molecular weight is 735 g/mol. The number of carbonyl (C=O) groups excluding carboxylic acids is 3. The van der Waals surface area contributed by atoms with Gasteiger partial charge in [-0.1, -0.05) is 129 Å². The van der Waals surface area contributed by atoms with Gasteiger partial charge in [-0.3, -0.25) is 9.59 Å². The number of rotatable bonds is 7. The third-order valence-electron chi connectivity index (χ3n) is 7.41. The maximum atomic E-state index is 10.8. The topological polar surface area (TPSA) is 125 Å². The lowest BCUT2D eigenvalue weighted by Crippen LogP contribution is -2.32. The van der Waals surface area contributed by atoms with E-state index in [-0.39, 0.29) is 17.9 Å². The van der Waals surface area contributed by atoms with Crippen LogP contribution in [0.1, 0.15) is 108 Å². The number of hydrogen-bond donors (Lipinski definition) is 3. The lowest BCUT2D eigenvalue weighted by molar-refractivity contribution is -0.109. The maximum Gasteiger partial charge on any atom is 0.258 e. The van der Waals surface area contributed by atoms with Crippen LogP contribution in [0.2, 0.25) is 0 Å². The number of amidine groups is 1. The van der Waals surface area contributed by atoms with Gasteiger partial charge in [-0.25, -0.2) is 4.99 Å². The Morgan fingerprint density at radius 2 is 1.63 bits per heavy atom. The van der Waals surface area contributed by atoms with E-state index in [2.05, 4.69) is 106 Å². The minimum atomic E-state index is -0.337. The summed E-state index contributed by atoms with van der Waals surface area (Å²) < 4.78 is 0. The number of aliphatic hydroxyl groups excluding tert-OH is 1. The number of aliphatic hydroxyl groups is 1. The minimum absolute atomic E-state index is 0.0126. The maximum absolute atomic E-state index is 10.8. The molecule has 1 aliphatic heterocycles. The summed E-state index contributed by atoms with van der Waals surface area (Å²) in [6.07, 6.45) is 18.1. The lowest BCUT2D eigenvalue weighted by atomic mass is 9.88. The van der Waals surface area contributed by atoms with Crippen molar-refractivity contribution in [3.05, 3.63) is 116 Å². The first-order valence-electron chi connectivity index (χ1n) is 18.3. The highest BCUT2D eigenvalue weighted by Gasteiger charge is 2.21. The number of allylic oxidation sites excluding steroid dienone is 5. The first-order valence-corrected chi connectivity index (χ1v) is 19.2. The smallest absolute Gasteiger partial charge is 0.258 e. The van der Waals surface area contributed by atoms with Gasteiger partial charge < -0.3 is 25.9 Å². The van der Waals surface area contributed by atoms with Gasteiger partial charge in [0.15, 0.2) is 0 Å². The molecule has 4 N–H and O–H groups in total. The number of primary amides is 1. The van der Waals surface area contributed by atoms with Crippen molar-refractivity contribution in [3.8, 4) is 0 Å². The van der Waals surface area contributed by atoms with Crippen molar-refractivity contribution in [1.29, 1.82) is 0 Å². The van der Waals surface area contributed by atoms with Crippen molar-refractivity contribution in [2.45, 2.75) is 100 Å². The molecule has 2 aliphatic carbocycles. The first kappa shape index (κ1) is 49.8. The molecule has 2 amide bonds. The summed E-state index contributed by atoms with van der Waals surface area (Å²) in [5.74, 6) is 0.728.